The Morgan fingerprint density at radius 1 is 0.892 bits per heavy atom. The Kier molecular flexibility index (Phi) is 5.41. The highest BCUT2D eigenvalue weighted by Crippen LogP contribution is 2.32. The summed E-state index contributed by atoms with van der Waals surface area (Å²) in [7, 11) is 1.89. The van der Waals surface area contributed by atoms with Crippen molar-refractivity contribution in [1.29, 1.82) is 0 Å². The first-order valence-corrected chi connectivity index (χ1v) is 12.8. The minimum Gasteiger partial charge on any atom is -0.341 e. The van der Waals surface area contributed by atoms with Crippen molar-refractivity contribution in [3.63, 3.8) is 0 Å². The molecule has 0 fully saturated rings. The van der Waals surface area contributed by atoms with Crippen molar-refractivity contribution in [3.8, 4) is 0 Å². The average molecular weight is 491 g/mol. The number of anilines is 1. The third-order valence-electron chi connectivity index (χ3n) is 7.28. The Bertz CT molecular complexity index is 1900. The highest BCUT2D eigenvalue weighted by molar-refractivity contribution is 6.21. The number of benzene rings is 3. The molecular formula is C31H30N4O2. The van der Waals surface area contributed by atoms with Gasteiger partial charge in [-0.2, -0.15) is 0 Å². The average Bonchev–Trinajstić information content (AvgIpc) is 3.37. The number of amides is 1. The minimum absolute atomic E-state index is 0.0762. The molecule has 1 amide bonds. The molecule has 0 saturated carbocycles. The van der Waals surface area contributed by atoms with Crippen LogP contribution >= 0.6 is 0 Å². The summed E-state index contributed by atoms with van der Waals surface area (Å²) in [5.41, 5.74) is 4.96. The molecule has 6 rings (SSSR count). The van der Waals surface area contributed by atoms with Crippen LogP contribution in [0.1, 0.15) is 31.1 Å². The standard InChI is InChI=1S/C31H30N4O2/c1-5-35-26-13-9-6-10-21(26)23-16-20(14-15-27(23)35)32-30(36)24-18-34(17-19(2)3)31(37)29-28(24)22-11-7-8-12-25(22)33(29)4/h6-16,18-19H,5,17H2,1-4H3,(H,32,36). The van der Waals surface area contributed by atoms with Crippen LogP contribution in [0.3, 0.4) is 0 Å². The van der Waals surface area contributed by atoms with E-state index in [4.69, 9.17) is 0 Å². The van der Waals surface area contributed by atoms with Crippen LogP contribution < -0.4 is 10.9 Å². The molecule has 6 aromatic rings. The predicted octanol–water partition coefficient (Wildman–Crippen LogP) is 6.53. The molecule has 0 radical (unpaired) electrons. The molecule has 0 aliphatic carbocycles. The zero-order valence-corrected chi connectivity index (χ0v) is 21.6. The highest BCUT2D eigenvalue weighted by Gasteiger charge is 2.22. The van der Waals surface area contributed by atoms with Gasteiger partial charge in [-0.3, -0.25) is 9.59 Å². The summed E-state index contributed by atoms with van der Waals surface area (Å²) >= 11 is 0. The zero-order chi connectivity index (χ0) is 25.8. The van der Waals surface area contributed by atoms with Crippen molar-refractivity contribution >= 4 is 55.2 Å². The fraction of sp³-hybridized carbons (Fsp3) is 0.226. The normalized spacial score (nSPS) is 11.9. The van der Waals surface area contributed by atoms with E-state index in [1.165, 1.54) is 5.52 Å². The molecule has 0 spiro atoms. The van der Waals surface area contributed by atoms with Gasteiger partial charge < -0.3 is 19.0 Å². The number of carbonyl (C=O) groups is 1. The number of para-hydroxylation sites is 2. The molecule has 6 nitrogen and oxygen atoms in total. The smallest absolute Gasteiger partial charge is 0.275 e. The topological polar surface area (TPSA) is 61.0 Å². The fourth-order valence-electron chi connectivity index (χ4n) is 5.70. The molecule has 0 unspecified atom stereocenters. The van der Waals surface area contributed by atoms with Gasteiger partial charge in [-0.25, -0.2) is 0 Å². The van der Waals surface area contributed by atoms with Gasteiger partial charge in [0.25, 0.3) is 11.5 Å². The number of aryl methyl sites for hydroxylation is 2. The summed E-state index contributed by atoms with van der Waals surface area (Å²) < 4.78 is 5.88. The fourth-order valence-corrected chi connectivity index (χ4v) is 5.70. The van der Waals surface area contributed by atoms with Crippen LogP contribution in [-0.4, -0.2) is 19.6 Å². The molecular weight excluding hydrogens is 460 g/mol. The first-order chi connectivity index (χ1) is 17.9. The quantitative estimate of drug-likeness (QED) is 0.299. The number of hydrogen-bond acceptors (Lipinski definition) is 2. The molecule has 0 aliphatic heterocycles. The maximum absolute atomic E-state index is 13.9. The van der Waals surface area contributed by atoms with Crippen LogP contribution in [0, 0.1) is 5.92 Å². The highest BCUT2D eigenvalue weighted by atomic mass is 16.2. The number of hydrogen-bond donors (Lipinski definition) is 1. The van der Waals surface area contributed by atoms with Crippen molar-refractivity contribution in [2.45, 2.75) is 33.9 Å². The van der Waals surface area contributed by atoms with Gasteiger partial charge in [-0.15, -0.1) is 0 Å². The predicted molar refractivity (Wildman–Crippen MR) is 153 cm³/mol. The molecule has 3 aromatic heterocycles. The summed E-state index contributed by atoms with van der Waals surface area (Å²) in [5.74, 6) is 0.0384. The van der Waals surface area contributed by atoms with E-state index in [-0.39, 0.29) is 17.4 Å². The van der Waals surface area contributed by atoms with Crippen LogP contribution in [-0.2, 0) is 20.1 Å². The van der Waals surface area contributed by atoms with E-state index in [0.29, 0.717) is 23.0 Å². The third kappa shape index (κ3) is 3.55. The first kappa shape index (κ1) is 23.1. The first-order valence-electron chi connectivity index (χ1n) is 12.8. The maximum Gasteiger partial charge on any atom is 0.275 e. The van der Waals surface area contributed by atoms with E-state index in [2.05, 4.69) is 54.9 Å². The Morgan fingerprint density at radius 3 is 2.30 bits per heavy atom. The Hall–Kier alpha value is -4.32. The monoisotopic (exact) mass is 490 g/mol. The SMILES string of the molecule is CCn1c2ccccc2c2cc(NC(=O)c3cn(CC(C)C)c(=O)c4c3c3ccccc3n4C)ccc21. The van der Waals surface area contributed by atoms with E-state index < -0.39 is 0 Å². The summed E-state index contributed by atoms with van der Waals surface area (Å²) in [4.78, 5) is 27.3. The van der Waals surface area contributed by atoms with Crippen LogP contribution in [0.15, 0.2) is 77.7 Å². The van der Waals surface area contributed by atoms with E-state index >= 15 is 0 Å². The number of nitrogens with one attached hydrogen (secondary N) is 1. The molecule has 3 heterocycles. The van der Waals surface area contributed by atoms with Crippen molar-refractivity contribution in [3.05, 3.63) is 88.8 Å². The van der Waals surface area contributed by atoms with Gasteiger partial charge in [0.1, 0.15) is 5.52 Å². The number of pyridine rings is 1. The van der Waals surface area contributed by atoms with Gasteiger partial charge in [-0.05, 0) is 43.2 Å². The molecule has 0 aliphatic rings. The Labute approximate surface area is 214 Å². The molecule has 1 N–H and O–H groups in total. The van der Waals surface area contributed by atoms with Gasteiger partial charge >= 0.3 is 0 Å². The Morgan fingerprint density at radius 2 is 1.57 bits per heavy atom. The number of nitrogens with zero attached hydrogens (tertiary/aromatic N) is 3. The van der Waals surface area contributed by atoms with Crippen molar-refractivity contribution in [1.82, 2.24) is 13.7 Å². The molecule has 186 valence electrons. The van der Waals surface area contributed by atoms with Gasteiger partial charge in [0.15, 0.2) is 0 Å². The van der Waals surface area contributed by atoms with Gasteiger partial charge in [0.2, 0.25) is 0 Å². The lowest BCUT2D eigenvalue weighted by atomic mass is 10.1. The second-order valence-electron chi connectivity index (χ2n) is 10.1. The number of rotatable bonds is 5. The number of carbonyl (C=O) groups excluding carboxylic acids is 1. The minimum atomic E-state index is -0.225. The number of aromatic nitrogens is 3. The molecule has 3 aromatic carbocycles. The van der Waals surface area contributed by atoms with Gasteiger partial charge in [-0.1, -0.05) is 50.2 Å². The van der Waals surface area contributed by atoms with Crippen LogP contribution in [0.25, 0.3) is 43.6 Å². The maximum atomic E-state index is 13.9. The molecule has 0 atom stereocenters. The Balaban J connectivity index is 1.52. The van der Waals surface area contributed by atoms with E-state index in [0.717, 1.165) is 39.4 Å². The van der Waals surface area contributed by atoms with Gasteiger partial charge in [0, 0.05) is 70.1 Å². The van der Waals surface area contributed by atoms with Gasteiger partial charge in [0.05, 0.1) is 5.56 Å². The second kappa shape index (κ2) is 8.66. The molecule has 0 saturated heterocycles. The lowest BCUT2D eigenvalue weighted by Crippen LogP contribution is -2.26. The summed E-state index contributed by atoms with van der Waals surface area (Å²) in [6.45, 7) is 7.69. The van der Waals surface area contributed by atoms with Crippen LogP contribution in [0.5, 0.6) is 0 Å². The zero-order valence-electron chi connectivity index (χ0n) is 21.6. The summed E-state index contributed by atoms with van der Waals surface area (Å²) in [5, 5.41) is 7.01. The molecule has 0 bridgehead atoms. The van der Waals surface area contributed by atoms with Crippen molar-refractivity contribution in [2.75, 3.05) is 5.32 Å². The largest absolute Gasteiger partial charge is 0.341 e. The second-order valence-corrected chi connectivity index (χ2v) is 10.1. The van der Waals surface area contributed by atoms with E-state index in [1.54, 1.807) is 10.8 Å². The van der Waals surface area contributed by atoms with E-state index in [9.17, 15) is 9.59 Å². The number of fused-ring (bicyclic) bond motifs is 6. The van der Waals surface area contributed by atoms with Crippen LogP contribution in [0.2, 0.25) is 0 Å². The van der Waals surface area contributed by atoms with Crippen molar-refractivity contribution in [2.24, 2.45) is 13.0 Å². The third-order valence-corrected chi connectivity index (χ3v) is 7.28. The molecule has 6 heteroatoms. The summed E-state index contributed by atoms with van der Waals surface area (Å²) in [6.07, 6.45) is 1.73. The lowest BCUT2D eigenvalue weighted by Gasteiger charge is -2.13. The summed E-state index contributed by atoms with van der Waals surface area (Å²) in [6, 6.07) is 22.3. The van der Waals surface area contributed by atoms with E-state index in [1.807, 2.05) is 54.1 Å². The lowest BCUT2D eigenvalue weighted by molar-refractivity contribution is 0.102. The molecule has 37 heavy (non-hydrogen) atoms. The van der Waals surface area contributed by atoms with Crippen molar-refractivity contribution < 1.29 is 4.79 Å². The van der Waals surface area contributed by atoms with Crippen LogP contribution in [0.4, 0.5) is 5.69 Å².